The molecule has 184 valence electrons. The molecule has 0 fully saturated rings. The van der Waals surface area contributed by atoms with E-state index in [0.29, 0.717) is 0 Å². The van der Waals surface area contributed by atoms with Crippen LogP contribution in [0.5, 0.6) is 0 Å². The van der Waals surface area contributed by atoms with Crippen LogP contribution in [0.25, 0.3) is 0 Å². The van der Waals surface area contributed by atoms with E-state index in [0.717, 1.165) is 0 Å². The average Bonchev–Trinajstić information content (AvgIpc) is 2.79. The molecule has 4 nitrogen and oxygen atoms in total. The molecule has 0 amide bonds. The topological polar surface area (TPSA) is 58.9 Å². The van der Waals surface area contributed by atoms with E-state index in [1.165, 1.54) is 104 Å². The van der Waals surface area contributed by atoms with Crippen LogP contribution >= 0.6 is 0 Å². The fourth-order valence-electron chi connectivity index (χ4n) is 4.02. The van der Waals surface area contributed by atoms with Crippen LogP contribution in [0.1, 0.15) is 119 Å². The Hall–Kier alpha value is 1.44. The maximum absolute atomic E-state index is 9.25. The van der Waals surface area contributed by atoms with E-state index in [1.807, 2.05) is 0 Å². The van der Waals surface area contributed by atoms with Gasteiger partial charge in [0.05, 0.1) is 0 Å². The van der Waals surface area contributed by atoms with Gasteiger partial charge >= 0.3 is 200 Å². The molecule has 0 rings (SSSR count). The van der Waals surface area contributed by atoms with Crippen LogP contribution in [0.15, 0.2) is 0 Å². The van der Waals surface area contributed by atoms with Gasteiger partial charge in [0.25, 0.3) is 0 Å². The van der Waals surface area contributed by atoms with E-state index in [-0.39, 0.29) is 0 Å². The van der Waals surface area contributed by atoms with Gasteiger partial charge in [0.15, 0.2) is 0 Å². The molecule has 0 aliphatic rings. The van der Waals surface area contributed by atoms with Crippen LogP contribution in [-0.2, 0) is 6.45 Å². The summed E-state index contributed by atoms with van der Waals surface area (Å²) in [6, 6.07) is 0. The SMILES string of the molecule is CCC[CH2][Sn]([CH2]CCC)([CH2]CCC)[O]O.CCC[CH2][Sn]([CH2]CCC)([CH2]CCC)[O]O. The molecule has 0 aliphatic carbocycles. The van der Waals surface area contributed by atoms with Crippen molar-refractivity contribution >= 4 is 37.6 Å². The van der Waals surface area contributed by atoms with Crippen molar-refractivity contribution in [3.8, 4) is 0 Å². The van der Waals surface area contributed by atoms with Crippen molar-refractivity contribution in [1.82, 2.24) is 0 Å². The Morgan fingerprint density at radius 2 is 0.567 bits per heavy atom. The van der Waals surface area contributed by atoms with Gasteiger partial charge in [-0.3, -0.25) is 0 Å². The molecule has 0 aromatic rings. The monoisotopic (exact) mass is 648 g/mol. The van der Waals surface area contributed by atoms with Crippen molar-refractivity contribution < 1.29 is 17.0 Å². The summed E-state index contributed by atoms with van der Waals surface area (Å²) in [6.07, 6.45) is 14.8. The Bertz CT molecular complexity index is 268. The zero-order chi connectivity index (χ0) is 23.1. The van der Waals surface area contributed by atoms with E-state index in [1.54, 1.807) is 0 Å². The number of rotatable bonds is 20. The second-order valence-electron chi connectivity index (χ2n) is 9.17. The van der Waals surface area contributed by atoms with Crippen molar-refractivity contribution in [2.45, 2.75) is 145 Å². The van der Waals surface area contributed by atoms with Gasteiger partial charge in [-0.15, -0.1) is 0 Å². The first-order chi connectivity index (χ1) is 14.5. The molecule has 30 heavy (non-hydrogen) atoms. The Labute approximate surface area is 198 Å². The molecule has 0 aromatic carbocycles. The van der Waals surface area contributed by atoms with Crippen LogP contribution in [0.3, 0.4) is 0 Å². The molecule has 0 aliphatic heterocycles. The first-order valence-electron chi connectivity index (χ1n) is 13.1. The average molecular weight is 646 g/mol. The Morgan fingerprint density at radius 3 is 0.667 bits per heavy atom. The summed E-state index contributed by atoms with van der Waals surface area (Å²) >= 11 is -5.12. The molecule has 0 spiro atoms. The van der Waals surface area contributed by atoms with Crippen LogP contribution in [0.2, 0.25) is 26.6 Å². The molecular weight excluding hydrogens is 590 g/mol. The summed E-state index contributed by atoms with van der Waals surface area (Å²) in [6.45, 7) is 13.3. The number of unbranched alkanes of at least 4 members (excludes halogenated alkanes) is 6. The van der Waals surface area contributed by atoms with Gasteiger partial charge in [-0.05, 0) is 0 Å². The standard InChI is InChI=1S/6C4H9.2H2O2.2Sn/c6*1-3-4-2;2*1-2;;/h6*1,3-4H2,2H3;2*1-2H;;/q;;;;;;;;2*+1/p-2. The zero-order valence-electron chi connectivity index (χ0n) is 21.4. The van der Waals surface area contributed by atoms with Gasteiger partial charge in [-0.1, -0.05) is 0 Å². The fourth-order valence-corrected chi connectivity index (χ4v) is 27.0. The molecule has 0 radical (unpaired) electrons. The molecule has 6 heteroatoms. The van der Waals surface area contributed by atoms with Gasteiger partial charge in [0.2, 0.25) is 0 Å². The third kappa shape index (κ3) is 17.0. The molecule has 0 atom stereocenters. The van der Waals surface area contributed by atoms with Gasteiger partial charge in [-0.2, -0.15) is 0 Å². The summed E-state index contributed by atoms with van der Waals surface area (Å²) in [4.78, 5) is 0. The number of hydrogen-bond acceptors (Lipinski definition) is 4. The molecule has 0 heterocycles. The van der Waals surface area contributed by atoms with Crippen molar-refractivity contribution in [1.29, 1.82) is 0 Å². The fraction of sp³-hybridized carbons (Fsp3) is 1.00. The van der Waals surface area contributed by atoms with E-state index in [9.17, 15) is 10.5 Å². The Balaban J connectivity index is 0. The van der Waals surface area contributed by atoms with Gasteiger partial charge in [-0.25, -0.2) is 0 Å². The van der Waals surface area contributed by atoms with Crippen molar-refractivity contribution in [3.63, 3.8) is 0 Å². The normalized spacial score (nSPS) is 12.0. The van der Waals surface area contributed by atoms with Crippen LogP contribution < -0.4 is 0 Å². The summed E-state index contributed by atoms with van der Waals surface area (Å²) in [5.74, 6) is 0. The van der Waals surface area contributed by atoms with Crippen molar-refractivity contribution in [3.05, 3.63) is 0 Å². The molecular formula is C24H56O4Sn2. The first kappa shape index (κ1) is 33.6. The second kappa shape index (κ2) is 23.6. The summed E-state index contributed by atoms with van der Waals surface area (Å²) < 4.78 is 17.4. The van der Waals surface area contributed by atoms with Gasteiger partial charge in [0.1, 0.15) is 0 Å². The van der Waals surface area contributed by atoms with E-state index in [2.05, 4.69) is 41.5 Å². The van der Waals surface area contributed by atoms with Crippen LogP contribution in [0, 0.1) is 0 Å². The van der Waals surface area contributed by atoms with E-state index >= 15 is 0 Å². The third-order valence-corrected chi connectivity index (χ3v) is 30.2. The maximum atomic E-state index is 9.25. The number of hydrogen-bond donors (Lipinski definition) is 2. The minimum atomic E-state index is -2.56. The van der Waals surface area contributed by atoms with E-state index < -0.39 is 37.6 Å². The zero-order valence-corrected chi connectivity index (χ0v) is 27.1. The molecule has 0 aromatic heterocycles. The third-order valence-electron chi connectivity index (χ3n) is 6.30. The molecule has 0 bridgehead atoms. The summed E-state index contributed by atoms with van der Waals surface area (Å²) in [5.41, 5.74) is 0. The summed E-state index contributed by atoms with van der Waals surface area (Å²) in [7, 11) is 0. The predicted molar refractivity (Wildman–Crippen MR) is 137 cm³/mol. The Kier molecular flexibility index (Phi) is 26.4. The van der Waals surface area contributed by atoms with Crippen LogP contribution in [-0.4, -0.2) is 48.1 Å². The molecule has 2 N–H and O–H groups in total. The minimum absolute atomic E-state index is 1.21. The summed E-state index contributed by atoms with van der Waals surface area (Å²) in [5, 5.41) is 18.5. The quantitative estimate of drug-likeness (QED) is 0.0786. The molecule has 0 unspecified atom stereocenters. The Morgan fingerprint density at radius 1 is 0.400 bits per heavy atom. The predicted octanol–water partition coefficient (Wildman–Crippen LogP) is 9.64. The van der Waals surface area contributed by atoms with Crippen molar-refractivity contribution in [2.24, 2.45) is 0 Å². The first-order valence-corrected chi connectivity index (χ1v) is 27.6. The van der Waals surface area contributed by atoms with E-state index in [4.69, 9.17) is 6.45 Å². The van der Waals surface area contributed by atoms with Gasteiger partial charge in [0, 0.05) is 0 Å². The van der Waals surface area contributed by atoms with Crippen LogP contribution in [0.4, 0.5) is 0 Å². The van der Waals surface area contributed by atoms with Gasteiger partial charge < -0.3 is 0 Å². The van der Waals surface area contributed by atoms with Crippen molar-refractivity contribution in [2.75, 3.05) is 0 Å². The molecule has 0 saturated carbocycles. The molecule has 0 saturated heterocycles. The second-order valence-corrected chi connectivity index (χ2v) is 32.3.